The van der Waals surface area contributed by atoms with Gasteiger partial charge in [-0.15, -0.1) is 0 Å². The Balaban J connectivity index is 2.53. The average Bonchev–Trinajstić information content (AvgIpc) is 2.32. The molecule has 1 heterocycles. The predicted molar refractivity (Wildman–Crippen MR) is 60.6 cm³/mol. The van der Waals surface area contributed by atoms with Crippen molar-refractivity contribution in [1.29, 1.82) is 0 Å². The van der Waals surface area contributed by atoms with Crippen LogP contribution in [0, 0.1) is 5.82 Å². The van der Waals surface area contributed by atoms with Crippen molar-refractivity contribution in [2.45, 2.75) is 0 Å². The second-order valence-corrected chi connectivity index (χ2v) is 3.33. The van der Waals surface area contributed by atoms with E-state index in [4.69, 9.17) is 10.5 Å². The van der Waals surface area contributed by atoms with Crippen LogP contribution >= 0.6 is 0 Å². The highest BCUT2D eigenvalue weighted by Crippen LogP contribution is 2.26. The zero-order valence-corrected chi connectivity index (χ0v) is 8.77. The summed E-state index contributed by atoms with van der Waals surface area (Å²) in [6.45, 7) is 0. The molecule has 2 N–H and O–H groups in total. The number of nitrogens with zero attached hydrogens (tertiary/aromatic N) is 1. The fourth-order valence-corrected chi connectivity index (χ4v) is 1.45. The minimum Gasteiger partial charge on any atom is -0.481 e. The highest BCUT2D eigenvalue weighted by Gasteiger charge is 2.06. The van der Waals surface area contributed by atoms with Gasteiger partial charge in [-0.1, -0.05) is 0 Å². The predicted octanol–water partition coefficient (Wildman–Crippen LogP) is 2.48. The Morgan fingerprint density at radius 1 is 1.25 bits per heavy atom. The van der Waals surface area contributed by atoms with Crippen LogP contribution in [0.5, 0.6) is 5.88 Å². The zero-order valence-electron chi connectivity index (χ0n) is 8.77. The smallest absolute Gasteiger partial charge is 0.213 e. The van der Waals surface area contributed by atoms with Crippen LogP contribution in [-0.4, -0.2) is 12.1 Å². The van der Waals surface area contributed by atoms with Crippen LogP contribution in [0.25, 0.3) is 11.1 Å². The summed E-state index contributed by atoms with van der Waals surface area (Å²) in [5.41, 5.74) is 7.28. The Morgan fingerprint density at radius 2 is 2.06 bits per heavy atom. The summed E-state index contributed by atoms with van der Waals surface area (Å²) < 4.78 is 18.6. The Hall–Kier alpha value is -2.10. The van der Waals surface area contributed by atoms with Crippen molar-refractivity contribution in [2.75, 3.05) is 12.8 Å². The number of halogens is 1. The van der Waals surface area contributed by atoms with Gasteiger partial charge in [0.05, 0.1) is 7.11 Å². The summed E-state index contributed by atoms with van der Waals surface area (Å²) in [4.78, 5) is 3.96. The lowest BCUT2D eigenvalue weighted by molar-refractivity contribution is 0.398. The minimum atomic E-state index is -0.317. The van der Waals surface area contributed by atoms with Crippen LogP contribution < -0.4 is 10.5 Å². The van der Waals surface area contributed by atoms with Crippen LogP contribution in [0.15, 0.2) is 36.5 Å². The fraction of sp³-hybridized carbons (Fsp3) is 0.0833. The normalized spacial score (nSPS) is 10.1. The number of rotatable bonds is 2. The van der Waals surface area contributed by atoms with Crippen LogP contribution in [0.3, 0.4) is 0 Å². The number of methoxy groups -OCH3 is 1. The number of ether oxygens (including phenoxy) is 1. The maximum atomic E-state index is 13.6. The molecule has 1 aromatic heterocycles. The lowest BCUT2D eigenvalue weighted by atomic mass is 10.1. The number of nitrogen functional groups attached to an aromatic ring is 1. The highest BCUT2D eigenvalue weighted by atomic mass is 19.1. The van der Waals surface area contributed by atoms with E-state index in [9.17, 15) is 4.39 Å². The lowest BCUT2D eigenvalue weighted by Gasteiger charge is -2.06. The highest BCUT2D eigenvalue weighted by molar-refractivity contribution is 5.68. The monoisotopic (exact) mass is 218 g/mol. The molecule has 82 valence electrons. The van der Waals surface area contributed by atoms with Gasteiger partial charge >= 0.3 is 0 Å². The van der Waals surface area contributed by atoms with Crippen LogP contribution in [0.1, 0.15) is 0 Å². The van der Waals surface area contributed by atoms with Crippen molar-refractivity contribution >= 4 is 5.69 Å². The van der Waals surface area contributed by atoms with Gasteiger partial charge in [0.2, 0.25) is 5.88 Å². The van der Waals surface area contributed by atoms with E-state index in [0.29, 0.717) is 22.7 Å². The maximum absolute atomic E-state index is 13.6. The number of hydrogen-bond donors (Lipinski definition) is 1. The van der Waals surface area contributed by atoms with E-state index in [1.807, 2.05) is 0 Å². The van der Waals surface area contributed by atoms with Crippen LogP contribution in [0.2, 0.25) is 0 Å². The first-order valence-electron chi connectivity index (χ1n) is 4.76. The number of pyridine rings is 1. The molecule has 0 amide bonds. The molecule has 0 fully saturated rings. The standard InChI is InChI=1S/C12H11FN2O/c1-16-12-6-8(4-5-15-12)10-7-9(14)2-3-11(10)13/h2-7H,14H2,1H3. The number of nitrogens with two attached hydrogens (primary N) is 1. The van der Waals surface area contributed by atoms with E-state index in [1.54, 1.807) is 24.4 Å². The first-order valence-corrected chi connectivity index (χ1v) is 4.76. The van der Waals surface area contributed by atoms with Crippen molar-refractivity contribution < 1.29 is 9.13 Å². The fourth-order valence-electron chi connectivity index (χ4n) is 1.45. The summed E-state index contributed by atoms with van der Waals surface area (Å²) >= 11 is 0. The number of aromatic nitrogens is 1. The van der Waals surface area contributed by atoms with Gasteiger partial charge in [-0.3, -0.25) is 0 Å². The summed E-state index contributed by atoms with van der Waals surface area (Å²) in [6.07, 6.45) is 1.57. The van der Waals surface area contributed by atoms with Gasteiger partial charge < -0.3 is 10.5 Å². The molecule has 2 rings (SSSR count). The molecule has 0 aliphatic rings. The minimum absolute atomic E-state index is 0.317. The zero-order chi connectivity index (χ0) is 11.5. The average molecular weight is 218 g/mol. The lowest BCUT2D eigenvalue weighted by Crippen LogP contribution is -1.91. The summed E-state index contributed by atoms with van der Waals surface area (Å²) in [5, 5.41) is 0. The van der Waals surface area contributed by atoms with E-state index < -0.39 is 0 Å². The third kappa shape index (κ3) is 1.95. The van der Waals surface area contributed by atoms with E-state index in [-0.39, 0.29) is 5.82 Å². The first-order chi connectivity index (χ1) is 7.70. The number of anilines is 1. The third-order valence-electron chi connectivity index (χ3n) is 2.25. The Labute approximate surface area is 92.7 Å². The molecule has 1 aromatic carbocycles. The summed E-state index contributed by atoms with van der Waals surface area (Å²) in [6, 6.07) is 7.83. The van der Waals surface area contributed by atoms with Gasteiger partial charge in [-0.05, 0) is 29.8 Å². The molecule has 0 aliphatic carbocycles. The topological polar surface area (TPSA) is 48.1 Å². The molecule has 4 heteroatoms. The quantitative estimate of drug-likeness (QED) is 0.788. The first kappa shape index (κ1) is 10.4. The molecule has 0 saturated heterocycles. The molecule has 0 atom stereocenters. The van der Waals surface area contributed by atoms with Gasteiger partial charge in [0.1, 0.15) is 5.82 Å². The second kappa shape index (κ2) is 4.18. The number of hydrogen-bond acceptors (Lipinski definition) is 3. The summed E-state index contributed by atoms with van der Waals surface area (Å²) in [7, 11) is 1.52. The van der Waals surface area contributed by atoms with Crippen molar-refractivity contribution in [3.8, 4) is 17.0 Å². The van der Waals surface area contributed by atoms with Crippen LogP contribution in [0.4, 0.5) is 10.1 Å². The number of benzene rings is 1. The second-order valence-electron chi connectivity index (χ2n) is 3.33. The Kier molecular flexibility index (Phi) is 2.72. The molecule has 0 aliphatic heterocycles. The van der Waals surface area contributed by atoms with Crippen molar-refractivity contribution in [1.82, 2.24) is 4.98 Å². The SMILES string of the molecule is COc1cc(-c2cc(N)ccc2F)ccn1. The molecule has 0 bridgehead atoms. The Morgan fingerprint density at radius 3 is 2.81 bits per heavy atom. The van der Waals surface area contributed by atoms with E-state index in [0.717, 1.165) is 0 Å². The molecule has 0 saturated carbocycles. The van der Waals surface area contributed by atoms with Gasteiger partial charge in [0.15, 0.2) is 0 Å². The van der Waals surface area contributed by atoms with Gasteiger partial charge in [-0.2, -0.15) is 0 Å². The molecule has 0 radical (unpaired) electrons. The van der Waals surface area contributed by atoms with E-state index in [1.165, 1.54) is 19.2 Å². The van der Waals surface area contributed by atoms with Crippen molar-refractivity contribution in [2.24, 2.45) is 0 Å². The van der Waals surface area contributed by atoms with E-state index in [2.05, 4.69) is 4.98 Å². The molecule has 16 heavy (non-hydrogen) atoms. The molecule has 2 aromatic rings. The van der Waals surface area contributed by atoms with Crippen LogP contribution in [-0.2, 0) is 0 Å². The molecule has 3 nitrogen and oxygen atoms in total. The van der Waals surface area contributed by atoms with E-state index >= 15 is 0 Å². The largest absolute Gasteiger partial charge is 0.481 e. The van der Waals surface area contributed by atoms with Crippen molar-refractivity contribution in [3.05, 3.63) is 42.3 Å². The molecule has 0 unspecified atom stereocenters. The maximum Gasteiger partial charge on any atom is 0.213 e. The van der Waals surface area contributed by atoms with Gasteiger partial charge in [-0.25, -0.2) is 9.37 Å². The van der Waals surface area contributed by atoms with Gasteiger partial charge in [0.25, 0.3) is 0 Å². The summed E-state index contributed by atoms with van der Waals surface area (Å²) in [5.74, 6) is 0.127. The molecular formula is C12H11FN2O. The van der Waals surface area contributed by atoms with Crippen molar-refractivity contribution in [3.63, 3.8) is 0 Å². The molecular weight excluding hydrogens is 207 g/mol. The van der Waals surface area contributed by atoms with Gasteiger partial charge in [0, 0.05) is 23.5 Å². The Bertz CT molecular complexity index is 514. The molecule has 0 spiro atoms. The third-order valence-corrected chi connectivity index (χ3v) is 2.25.